The van der Waals surface area contributed by atoms with Crippen LogP contribution in [-0.2, 0) is 16.4 Å². The number of hydrogen-bond acceptors (Lipinski definition) is 4. The molecule has 0 aromatic heterocycles. The van der Waals surface area contributed by atoms with Crippen LogP contribution in [0.15, 0.2) is 47.4 Å². The molecule has 0 saturated heterocycles. The summed E-state index contributed by atoms with van der Waals surface area (Å²) in [6.07, 6.45) is 0.817. The number of sulfonamides is 1. The molecule has 2 aromatic carbocycles. The van der Waals surface area contributed by atoms with Crippen LogP contribution in [0.25, 0.3) is 0 Å². The molecule has 0 spiro atoms. The molecule has 136 valence electrons. The van der Waals surface area contributed by atoms with Crippen LogP contribution < -0.4 is 4.72 Å². The van der Waals surface area contributed by atoms with Gasteiger partial charge in [-0.05, 0) is 42.3 Å². The van der Waals surface area contributed by atoms with Crippen molar-refractivity contribution in [1.29, 1.82) is 0 Å². The fourth-order valence-corrected chi connectivity index (χ4v) is 3.94. The van der Waals surface area contributed by atoms with Crippen molar-refractivity contribution in [1.82, 2.24) is 9.62 Å². The summed E-state index contributed by atoms with van der Waals surface area (Å²) in [6, 6.07) is 11.0. The maximum Gasteiger partial charge on any atom is 0.261 e. The number of benzene rings is 2. The Hall–Kier alpha value is -2.22. The first-order valence-electron chi connectivity index (χ1n) is 8.08. The van der Waals surface area contributed by atoms with Crippen molar-refractivity contribution in [3.63, 3.8) is 0 Å². The van der Waals surface area contributed by atoms with Crippen LogP contribution in [0.5, 0.6) is 0 Å². The van der Waals surface area contributed by atoms with E-state index >= 15 is 0 Å². The number of imide groups is 1. The van der Waals surface area contributed by atoms with Crippen molar-refractivity contribution in [2.75, 3.05) is 13.1 Å². The molecule has 8 heteroatoms. The van der Waals surface area contributed by atoms with Gasteiger partial charge >= 0.3 is 0 Å². The van der Waals surface area contributed by atoms with Gasteiger partial charge in [-0.3, -0.25) is 14.5 Å². The zero-order chi connectivity index (χ0) is 18.9. The predicted octanol–water partition coefficient (Wildman–Crippen LogP) is 2.48. The Bertz CT molecular complexity index is 971. The van der Waals surface area contributed by atoms with Crippen molar-refractivity contribution in [2.24, 2.45) is 0 Å². The smallest absolute Gasteiger partial charge is 0.261 e. The third kappa shape index (κ3) is 3.51. The molecule has 26 heavy (non-hydrogen) atoms. The second kappa shape index (κ2) is 7.19. The minimum absolute atomic E-state index is 0.0593. The van der Waals surface area contributed by atoms with Crippen LogP contribution in [0.1, 0.15) is 33.2 Å². The number of fused-ring (bicyclic) bond motifs is 1. The molecule has 0 bridgehead atoms. The number of nitrogens with zero attached hydrogens (tertiary/aromatic N) is 1. The summed E-state index contributed by atoms with van der Waals surface area (Å²) in [6.45, 7) is 1.85. The fraction of sp³-hybridized carbons (Fsp3) is 0.222. The number of rotatable bonds is 6. The Labute approximate surface area is 156 Å². The molecular formula is C18H17ClN2O4S. The lowest BCUT2D eigenvalue weighted by atomic mass is 10.1. The molecular weight excluding hydrogens is 376 g/mol. The van der Waals surface area contributed by atoms with Gasteiger partial charge in [0.2, 0.25) is 10.0 Å². The van der Waals surface area contributed by atoms with E-state index in [0.717, 1.165) is 16.9 Å². The number of hydrogen-bond donors (Lipinski definition) is 1. The lowest BCUT2D eigenvalue weighted by Crippen LogP contribution is -2.38. The highest BCUT2D eigenvalue weighted by Gasteiger charge is 2.35. The molecule has 2 amide bonds. The quantitative estimate of drug-likeness (QED) is 0.765. The highest BCUT2D eigenvalue weighted by atomic mass is 35.5. The molecule has 6 nitrogen and oxygen atoms in total. The topological polar surface area (TPSA) is 83.6 Å². The maximum absolute atomic E-state index is 12.3. The van der Waals surface area contributed by atoms with E-state index in [-0.39, 0.29) is 29.1 Å². The number of aryl methyl sites for hydroxylation is 1. The summed E-state index contributed by atoms with van der Waals surface area (Å²) >= 11 is 5.86. The number of nitrogens with one attached hydrogen (secondary N) is 1. The molecule has 3 rings (SSSR count). The van der Waals surface area contributed by atoms with Crippen molar-refractivity contribution in [3.05, 3.63) is 64.2 Å². The Kier molecular flexibility index (Phi) is 5.13. The van der Waals surface area contributed by atoms with E-state index in [9.17, 15) is 18.0 Å². The van der Waals surface area contributed by atoms with Crippen LogP contribution in [0, 0.1) is 0 Å². The van der Waals surface area contributed by atoms with E-state index in [0.29, 0.717) is 5.02 Å². The Morgan fingerprint density at radius 3 is 2.31 bits per heavy atom. The molecule has 0 aliphatic carbocycles. The van der Waals surface area contributed by atoms with Crippen molar-refractivity contribution in [3.8, 4) is 0 Å². The van der Waals surface area contributed by atoms with Crippen molar-refractivity contribution in [2.45, 2.75) is 18.2 Å². The van der Waals surface area contributed by atoms with Crippen LogP contribution in [-0.4, -0.2) is 38.2 Å². The van der Waals surface area contributed by atoms with Crippen LogP contribution in [0.3, 0.4) is 0 Å². The summed E-state index contributed by atoms with van der Waals surface area (Å²) in [5.41, 5.74) is 1.55. The first-order chi connectivity index (χ1) is 12.3. The predicted molar refractivity (Wildman–Crippen MR) is 97.8 cm³/mol. The largest absolute Gasteiger partial charge is 0.273 e. The zero-order valence-corrected chi connectivity index (χ0v) is 15.6. The van der Waals surface area contributed by atoms with E-state index in [1.165, 1.54) is 30.3 Å². The molecule has 0 fully saturated rings. The van der Waals surface area contributed by atoms with Crippen LogP contribution in [0.4, 0.5) is 0 Å². The van der Waals surface area contributed by atoms with Gasteiger partial charge in [0.1, 0.15) is 0 Å². The first-order valence-corrected chi connectivity index (χ1v) is 9.94. The van der Waals surface area contributed by atoms with Gasteiger partial charge in [0.05, 0.1) is 16.0 Å². The van der Waals surface area contributed by atoms with Gasteiger partial charge in [-0.1, -0.05) is 30.7 Å². The summed E-state index contributed by atoms with van der Waals surface area (Å²) in [5.74, 6) is -0.924. The summed E-state index contributed by atoms with van der Waals surface area (Å²) < 4.78 is 27.0. The van der Waals surface area contributed by atoms with E-state index in [2.05, 4.69) is 4.72 Å². The number of carbonyl (C=O) groups is 2. The minimum atomic E-state index is -3.71. The van der Waals surface area contributed by atoms with Gasteiger partial charge in [0.15, 0.2) is 0 Å². The standard InChI is InChI=1S/C18H17ClN2O4S/c1-2-12-3-6-14(7-4-12)26(24,25)20-9-10-21-17(22)15-8-5-13(19)11-16(15)18(21)23/h3-8,11,20H,2,9-10H2,1H3. The molecule has 1 aliphatic rings. The van der Waals surface area contributed by atoms with E-state index in [1.807, 2.05) is 6.92 Å². The zero-order valence-electron chi connectivity index (χ0n) is 14.0. The average molecular weight is 393 g/mol. The van der Waals surface area contributed by atoms with Gasteiger partial charge < -0.3 is 0 Å². The van der Waals surface area contributed by atoms with Gasteiger partial charge in [-0.15, -0.1) is 0 Å². The van der Waals surface area contributed by atoms with Gasteiger partial charge in [0.25, 0.3) is 11.8 Å². The SMILES string of the molecule is CCc1ccc(S(=O)(=O)NCCN2C(=O)c3ccc(Cl)cc3C2=O)cc1. The van der Waals surface area contributed by atoms with Crippen molar-refractivity contribution < 1.29 is 18.0 Å². The Morgan fingerprint density at radius 2 is 1.65 bits per heavy atom. The number of amides is 2. The molecule has 0 radical (unpaired) electrons. The van der Waals surface area contributed by atoms with Crippen LogP contribution >= 0.6 is 11.6 Å². The Morgan fingerprint density at radius 1 is 1.00 bits per heavy atom. The highest BCUT2D eigenvalue weighted by Crippen LogP contribution is 2.25. The molecule has 0 unspecified atom stereocenters. The summed E-state index contributed by atoms with van der Waals surface area (Å²) in [7, 11) is -3.71. The Balaban J connectivity index is 1.66. The second-order valence-corrected chi connectivity index (χ2v) is 8.05. The van der Waals surface area contributed by atoms with Gasteiger partial charge in [-0.2, -0.15) is 0 Å². The van der Waals surface area contributed by atoms with Gasteiger partial charge in [-0.25, -0.2) is 13.1 Å². The molecule has 0 saturated carbocycles. The van der Waals surface area contributed by atoms with Gasteiger partial charge in [0, 0.05) is 18.1 Å². The lowest BCUT2D eigenvalue weighted by molar-refractivity contribution is 0.0657. The molecule has 2 aromatic rings. The van der Waals surface area contributed by atoms with E-state index in [4.69, 9.17) is 11.6 Å². The third-order valence-corrected chi connectivity index (χ3v) is 5.91. The van der Waals surface area contributed by atoms with E-state index < -0.39 is 21.8 Å². The molecule has 1 aliphatic heterocycles. The number of carbonyl (C=O) groups excluding carboxylic acids is 2. The third-order valence-electron chi connectivity index (χ3n) is 4.20. The molecule has 1 heterocycles. The monoisotopic (exact) mass is 392 g/mol. The lowest BCUT2D eigenvalue weighted by Gasteiger charge is -2.14. The summed E-state index contributed by atoms with van der Waals surface area (Å²) in [5, 5.41) is 0.364. The minimum Gasteiger partial charge on any atom is -0.273 e. The summed E-state index contributed by atoms with van der Waals surface area (Å²) in [4.78, 5) is 25.8. The van der Waals surface area contributed by atoms with Crippen molar-refractivity contribution >= 4 is 33.4 Å². The molecule has 0 atom stereocenters. The second-order valence-electron chi connectivity index (χ2n) is 5.85. The first kappa shape index (κ1) is 18.6. The van der Waals surface area contributed by atoms with Crippen LogP contribution in [0.2, 0.25) is 5.02 Å². The highest BCUT2D eigenvalue weighted by molar-refractivity contribution is 7.89. The maximum atomic E-state index is 12.3. The normalized spacial score (nSPS) is 14.0. The fourth-order valence-electron chi connectivity index (χ4n) is 2.75. The average Bonchev–Trinajstić information content (AvgIpc) is 2.86. The van der Waals surface area contributed by atoms with E-state index in [1.54, 1.807) is 12.1 Å². The molecule has 1 N–H and O–H groups in total. The number of halogens is 1.